The SMILES string of the molecule is Cc1nc(NC(=O)CN(C)S(=O)(=O)c2ccc(C#N)cc2)sc1-c1ccccc1. The number of nitrogens with zero attached hydrogens (tertiary/aromatic N) is 3. The van der Waals surface area contributed by atoms with Crippen molar-refractivity contribution in [2.24, 2.45) is 0 Å². The van der Waals surface area contributed by atoms with Crippen LogP contribution in [0.25, 0.3) is 10.4 Å². The summed E-state index contributed by atoms with van der Waals surface area (Å²) in [6, 6.07) is 17.2. The van der Waals surface area contributed by atoms with Gasteiger partial charge in [0.2, 0.25) is 15.9 Å². The molecule has 2 aromatic carbocycles. The summed E-state index contributed by atoms with van der Waals surface area (Å²) in [5.74, 6) is -0.488. The molecule has 7 nitrogen and oxygen atoms in total. The Morgan fingerprint density at radius 1 is 1.17 bits per heavy atom. The van der Waals surface area contributed by atoms with E-state index in [0.717, 1.165) is 20.4 Å². The van der Waals surface area contributed by atoms with Gasteiger partial charge in [0.25, 0.3) is 0 Å². The lowest BCUT2D eigenvalue weighted by atomic mass is 10.2. The zero-order chi connectivity index (χ0) is 21.0. The smallest absolute Gasteiger partial charge is 0.243 e. The second-order valence-corrected chi connectivity index (χ2v) is 9.29. The number of aromatic nitrogens is 1. The van der Waals surface area contributed by atoms with Crippen molar-refractivity contribution >= 4 is 32.4 Å². The highest BCUT2D eigenvalue weighted by atomic mass is 32.2. The van der Waals surface area contributed by atoms with E-state index in [1.165, 1.54) is 42.6 Å². The van der Waals surface area contributed by atoms with E-state index in [-0.39, 0.29) is 11.4 Å². The summed E-state index contributed by atoms with van der Waals surface area (Å²) in [5.41, 5.74) is 2.15. The van der Waals surface area contributed by atoms with Gasteiger partial charge in [-0.25, -0.2) is 13.4 Å². The number of amides is 1. The fraction of sp³-hybridized carbons (Fsp3) is 0.150. The van der Waals surface area contributed by atoms with Gasteiger partial charge in [-0.05, 0) is 36.8 Å². The van der Waals surface area contributed by atoms with Crippen molar-refractivity contribution in [1.82, 2.24) is 9.29 Å². The first-order chi connectivity index (χ1) is 13.8. The van der Waals surface area contributed by atoms with Crippen LogP contribution < -0.4 is 5.32 Å². The van der Waals surface area contributed by atoms with Crippen LogP contribution in [0.1, 0.15) is 11.3 Å². The summed E-state index contributed by atoms with van der Waals surface area (Å²) in [7, 11) is -2.52. The van der Waals surface area contributed by atoms with Crippen molar-refractivity contribution in [3.8, 4) is 16.5 Å². The van der Waals surface area contributed by atoms with Crippen LogP contribution in [-0.2, 0) is 14.8 Å². The second kappa shape index (κ2) is 8.53. The fourth-order valence-electron chi connectivity index (χ4n) is 2.63. The van der Waals surface area contributed by atoms with E-state index in [0.29, 0.717) is 10.7 Å². The number of nitrogens with one attached hydrogen (secondary N) is 1. The first-order valence-electron chi connectivity index (χ1n) is 8.60. The first kappa shape index (κ1) is 20.7. The predicted molar refractivity (Wildman–Crippen MR) is 112 cm³/mol. The highest BCUT2D eigenvalue weighted by Gasteiger charge is 2.23. The number of carbonyl (C=O) groups excluding carboxylic acids is 1. The number of carbonyl (C=O) groups is 1. The van der Waals surface area contributed by atoms with Crippen molar-refractivity contribution < 1.29 is 13.2 Å². The summed E-state index contributed by atoms with van der Waals surface area (Å²) >= 11 is 1.33. The van der Waals surface area contributed by atoms with Crippen LogP contribution in [0, 0.1) is 18.3 Å². The third-order valence-electron chi connectivity index (χ3n) is 4.14. The molecule has 1 amide bonds. The molecule has 148 valence electrons. The van der Waals surface area contributed by atoms with Gasteiger partial charge in [0.1, 0.15) is 0 Å². The van der Waals surface area contributed by atoms with Crippen molar-refractivity contribution in [1.29, 1.82) is 5.26 Å². The van der Waals surface area contributed by atoms with Crippen molar-refractivity contribution in [2.45, 2.75) is 11.8 Å². The Kier molecular flexibility index (Phi) is 6.08. The number of likely N-dealkylation sites (N-methyl/N-ethyl adjacent to an activating group) is 1. The maximum atomic E-state index is 12.6. The fourth-order valence-corrected chi connectivity index (χ4v) is 4.75. The Bertz CT molecular complexity index is 1160. The van der Waals surface area contributed by atoms with Crippen LogP contribution >= 0.6 is 11.3 Å². The van der Waals surface area contributed by atoms with Gasteiger partial charge < -0.3 is 5.32 Å². The zero-order valence-electron chi connectivity index (χ0n) is 15.8. The number of nitriles is 1. The standard InChI is InChI=1S/C20H18N4O3S2/c1-14-19(16-6-4-3-5-7-16)28-20(22-14)23-18(25)13-24(2)29(26,27)17-10-8-15(12-21)9-11-17/h3-11H,13H2,1-2H3,(H,22,23,25). The maximum absolute atomic E-state index is 12.6. The molecule has 3 rings (SSSR count). The minimum atomic E-state index is -3.85. The van der Waals surface area contributed by atoms with Gasteiger partial charge in [-0.3, -0.25) is 4.79 Å². The van der Waals surface area contributed by atoms with E-state index >= 15 is 0 Å². The Morgan fingerprint density at radius 2 is 1.83 bits per heavy atom. The summed E-state index contributed by atoms with van der Waals surface area (Å²) in [5, 5.41) is 11.9. The van der Waals surface area contributed by atoms with E-state index in [1.807, 2.05) is 43.3 Å². The summed E-state index contributed by atoms with van der Waals surface area (Å²) in [4.78, 5) is 17.7. The Labute approximate surface area is 173 Å². The van der Waals surface area contributed by atoms with Crippen LogP contribution in [-0.4, -0.2) is 37.2 Å². The molecule has 0 saturated heterocycles. The van der Waals surface area contributed by atoms with Crippen molar-refractivity contribution in [3.05, 3.63) is 65.9 Å². The molecule has 0 atom stereocenters. The lowest BCUT2D eigenvalue weighted by Crippen LogP contribution is -2.34. The minimum absolute atomic E-state index is 0.0169. The molecule has 0 aliphatic rings. The predicted octanol–water partition coefficient (Wildman–Crippen LogP) is 3.25. The van der Waals surface area contributed by atoms with Crippen LogP contribution in [0.4, 0.5) is 5.13 Å². The van der Waals surface area contributed by atoms with Crippen LogP contribution in [0.5, 0.6) is 0 Å². The number of anilines is 1. The lowest BCUT2D eigenvalue weighted by Gasteiger charge is -2.16. The van der Waals surface area contributed by atoms with E-state index in [4.69, 9.17) is 5.26 Å². The number of benzene rings is 2. The van der Waals surface area contributed by atoms with Gasteiger partial charge in [0.05, 0.1) is 33.6 Å². The lowest BCUT2D eigenvalue weighted by molar-refractivity contribution is -0.116. The molecule has 0 fully saturated rings. The first-order valence-corrected chi connectivity index (χ1v) is 10.9. The number of hydrogen-bond donors (Lipinski definition) is 1. The largest absolute Gasteiger partial charge is 0.301 e. The van der Waals surface area contributed by atoms with Gasteiger partial charge in [0.15, 0.2) is 5.13 Å². The molecule has 0 bridgehead atoms. The Morgan fingerprint density at radius 3 is 2.45 bits per heavy atom. The Hall–Kier alpha value is -3.06. The number of hydrogen-bond acceptors (Lipinski definition) is 6. The molecule has 0 radical (unpaired) electrons. The third kappa shape index (κ3) is 4.68. The number of rotatable bonds is 6. The highest BCUT2D eigenvalue weighted by Crippen LogP contribution is 2.32. The molecule has 29 heavy (non-hydrogen) atoms. The topological polar surface area (TPSA) is 103 Å². The van der Waals surface area contributed by atoms with Crippen LogP contribution in [0.2, 0.25) is 0 Å². The maximum Gasteiger partial charge on any atom is 0.243 e. The molecular weight excluding hydrogens is 408 g/mol. The molecule has 0 saturated carbocycles. The van der Waals surface area contributed by atoms with E-state index in [1.54, 1.807) is 0 Å². The van der Waals surface area contributed by atoms with E-state index < -0.39 is 15.9 Å². The normalized spacial score (nSPS) is 11.2. The van der Waals surface area contributed by atoms with Gasteiger partial charge in [0, 0.05) is 7.05 Å². The molecule has 9 heteroatoms. The van der Waals surface area contributed by atoms with E-state index in [9.17, 15) is 13.2 Å². The van der Waals surface area contributed by atoms with Crippen LogP contribution in [0.3, 0.4) is 0 Å². The zero-order valence-corrected chi connectivity index (χ0v) is 17.4. The summed E-state index contributed by atoms with van der Waals surface area (Å²) < 4.78 is 26.2. The van der Waals surface area contributed by atoms with Crippen molar-refractivity contribution in [2.75, 3.05) is 18.9 Å². The van der Waals surface area contributed by atoms with Gasteiger partial charge in [-0.1, -0.05) is 41.7 Å². The minimum Gasteiger partial charge on any atom is -0.301 e. The molecular formula is C20H18N4O3S2. The molecule has 1 aromatic heterocycles. The monoisotopic (exact) mass is 426 g/mol. The molecule has 0 aliphatic carbocycles. The second-order valence-electron chi connectivity index (χ2n) is 6.25. The average molecular weight is 427 g/mol. The summed E-state index contributed by atoms with van der Waals surface area (Å²) in [6.07, 6.45) is 0. The molecule has 0 aliphatic heterocycles. The average Bonchev–Trinajstić information content (AvgIpc) is 3.08. The molecule has 0 spiro atoms. The molecule has 1 heterocycles. The molecule has 3 aromatic rings. The van der Waals surface area contributed by atoms with Gasteiger partial charge in [-0.2, -0.15) is 9.57 Å². The Balaban J connectivity index is 1.69. The van der Waals surface area contributed by atoms with Crippen molar-refractivity contribution in [3.63, 3.8) is 0 Å². The third-order valence-corrected chi connectivity index (χ3v) is 7.08. The van der Waals surface area contributed by atoms with E-state index in [2.05, 4.69) is 10.3 Å². The highest BCUT2D eigenvalue weighted by molar-refractivity contribution is 7.89. The summed E-state index contributed by atoms with van der Waals surface area (Å²) in [6.45, 7) is 1.50. The van der Waals surface area contributed by atoms with Gasteiger partial charge >= 0.3 is 0 Å². The number of thiazole rings is 1. The van der Waals surface area contributed by atoms with Gasteiger partial charge in [-0.15, -0.1) is 0 Å². The number of aryl methyl sites for hydroxylation is 1. The number of sulfonamides is 1. The molecule has 1 N–H and O–H groups in total. The quantitative estimate of drug-likeness (QED) is 0.652. The molecule has 0 unspecified atom stereocenters. The van der Waals surface area contributed by atoms with Crippen LogP contribution in [0.15, 0.2) is 59.5 Å².